The summed E-state index contributed by atoms with van der Waals surface area (Å²) in [5.74, 6) is 0.259. The van der Waals surface area contributed by atoms with Crippen LogP contribution in [0.5, 0.6) is 0 Å². The molecule has 3 rings (SSSR count). The Balaban J connectivity index is 1.54. The molecule has 6 heteroatoms. The molecular formula is C20H28N2O4. The van der Waals surface area contributed by atoms with E-state index in [0.717, 1.165) is 44.7 Å². The monoisotopic (exact) mass is 360 g/mol. The molecule has 2 amide bonds. The van der Waals surface area contributed by atoms with Crippen LogP contribution in [0.1, 0.15) is 31.2 Å². The van der Waals surface area contributed by atoms with Gasteiger partial charge in [0.25, 0.3) is 0 Å². The lowest BCUT2D eigenvalue weighted by Crippen LogP contribution is -2.45. The summed E-state index contributed by atoms with van der Waals surface area (Å²) in [5, 5.41) is 12.1. The first kappa shape index (κ1) is 18.7. The largest absolute Gasteiger partial charge is 0.481 e. The zero-order valence-corrected chi connectivity index (χ0v) is 15.1. The van der Waals surface area contributed by atoms with E-state index >= 15 is 0 Å². The summed E-state index contributed by atoms with van der Waals surface area (Å²) < 4.78 is 5.48. The van der Waals surface area contributed by atoms with Crippen LogP contribution >= 0.6 is 0 Å². The fourth-order valence-electron chi connectivity index (χ4n) is 3.97. The third-order valence-corrected chi connectivity index (χ3v) is 5.50. The number of carbonyl (C=O) groups excluding carboxylic acids is 1. The number of benzene rings is 1. The highest BCUT2D eigenvalue weighted by atomic mass is 16.5. The number of amides is 2. The minimum absolute atomic E-state index is 0.0554. The topological polar surface area (TPSA) is 78.9 Å². The zero-order valence-electron chi connectivity index (χ0n) is 15.1. The molecule has 142 valence electrons. The minimum Gasteiger partial charge on any atom is -0.481 e. The molecule has 0 radical (unpaired) electrons. The number of hydrogen-bond acceptors (Lipinski definition) is 3. The fraction of sp³-hybridized carbons (Fsp3) is 0.600. The number of rotatable bonds is 7. The summed E-state index contributed by atoms with van der Waals surface area (Å²) in [6.45, 7) is 3.19. The lowest BCUT2D eigenvalue weighted by molar-refractivity contribution is -0.137. The van der Waals surface area contributed by atoms with Crippen LogP contribution in [0.2, 0.25) is 0 Å². The van der Waals surface area contributed by atoms with Crippen molar-refractivity contribution >= 4 is 12.0 Å². The van der Waals surface area contributed by atoms with Crippen molar-refractivity contribution in [2.75, 3.05) is 26.3 Å². The smallest absolute Gasteiger partial charge is 0.317 e. The first-order valence-corrected chi connectivity index (χ1v) is 9.50. The molecule has 2 heterocycles. The van der Waals surface area contributed by atoms with Crippen molar-refractivity contribution in [2.24, 2.45) is 11.8 Å². The minimum atomic E-state index is -0.834. The van der Waals surface area contributed by atoms with Gasteiger partial charge in [-0.1, -0.05) is 30.3 Å². The van der Waals surface area contributed by atoms with Gasteiger partial charge in [0.05, 0.1) is 0 Å². The van der Waals surface area contributed by atoms with Crippen LogP contribution in [0.3, 0.4) is 0 Å². The van der Waals surface area contributed by atoms with Gasteiger partial charge in [0.2, 0.25) is 0 Å². The number of carboxylic acid groups (broad SMARTS) is 1. The van der Waals surface area contributed by atoms with E-state index in [4.69, 9.17) is 9.84 Å². The second-order valence-corrected chi connectivity index (χ2v) is 7.39. The Morgan fingerprint density at radius 1 is 1.23 bits per heavy atom. The van der Waals surface area contributed by atoms with Crippen molar-refractivity contribution in [3.63, 3.8) is 0 Å². The Bertz CT molecular complexity index is 601. The van der Waals surface area contributed by atoms with E-state index in [1.807, 2.05) is 35.2 Å². The maximum absolute atomic E-state index is 12.7. The first-order valence-electron chi connectivity index (χ1n) is 9.50. The summed E-state index contributed by atoms with van der Waals surface area (Å²) in [6, 6.07) is 9.64. The van der Waals surface area contributed by atoms with E-state index < -0.39 is 5.97 Å². The average molecular weight is 360 g/mol. The average Bonchev–Trinajstić information content (AvgIpc) is 3.31. The Kier molecular flexibility index (Phi) is 6.50. The van der Waals surface area contributed by atoms with Gasteiger partial charge in [0.1, 0.15) is 0 Å². The van der Waals surface area contributed by atoms with Gasteiger partial charge in [-0.05, 0) is 43.1 Å². The first-order chi connectivity index (χ1) is 12.6. The van der Waals surface area contributed by atoms with Crippen LogP contribution in [0.25, 0.3) is 0 Å². The number of carboxylic acids is 1. The third-order valence-electron chi connectivity index (χ3n) is 5.50. The lowest BCUT2D eigenvalue weighted by atomic mass is 9.91. The molecule has 0 saturated carbocycles. The van der Waals surface area contributed by atoms with Crippen LogP contribution in [0.4, 0.5) is 4.79 Å². The van der Waals surface area contributed by atoms with Crippen molar-refractivity contribution < 1.29 is 19.4 Å². The number of nitrogens with one attached hydrogen (secondary N) is 1. The highest BCUT2D eigenvalue weighted by Gasteiger charge is 2.34. The SMILES string of the molecule is O=C(O)CCC(Cc1ccccc1)NC(=O)N1CCC(C2CCOC2)C1. The zero-order chi connectivity index (χ0) is 18.4. The predicted octanol–water partition coefficient (Wildman–Crippen LogP) is 2.53. The molecule has 2 aliphatic rings. The van der Waals surface area contributed by atoms with E-state index in [1.54, 1.807) is 0 Å². The highest BCUT2D eigenvalue weighted by Crippen LogP contribution is 2.30. The number of urea groups is 1. The molecule has 3 unspecified atom stereocenters. The van der Waals surface area contributed by atoms with E-state index in [2.05, 4.69) is 5.32 Å². The van der Waals surface area contributed by atoms with E-state index in [1.165, 1.54) is 0 Å². The van der Waals surface area contributed by atoms with Crippen LogP contribution in [-0.4, -0.2) is 54.4 Å². The molecule has 0 aromatic heterocycles. The van der Waals surface area contributed by atoms with E-state index in [-0.39, 0.29) is 18.5 Å². The molecule has 2 fully saturated rings. The van der Waals surface area contributed by atoms with Crippen molar-refractivity contribution in [1.82, 2.24) is 10.2 Å². The molecule has 1 aromatic rings. The molecule has 0 aliphatic carbocycles. The molecule has 26 heavy (non-hydrogen) atoms. The van der Waals surface area contributed by atoms with Crippen molar-refractivity contribution in [3.8, 4) is 0 Å². The Hall–Kier alpha value is -2.08. The van der Waals surface area contributed by atoms with Gasteiger partial charge < -0.3 is 20.1 Å². The molecule has 2 saturated heterocycles. The summed E-state index contributed by atoms with van der Waals surface area (Å²) in [6.07, 6.45) is 3.26. The fourth-order valence-corrected chi connectivity index (χ4v) is 3.97. The maximum atomic E-state index is 12.7. The van der Waals surface area contributed by atoms with Crippen molar-refractivity contribution in [2.45, 2.75) is 38.1 Å². The summed E-state index contributed by atoms with van der Waals surface area (Å²) >= 11 is 0. The molecule has 1 aromatic carbocycles. The number of likely N-dealkylation sites (tertiary alicyclic amines) is 1. The lowest BCUT2D eigenvalue weighted by Gasteiger charge is -2.24. The molecule has 6 nitrogen and oxygen atoms in total. The number of aliphatic carboxylic acids is 1. The van der Waals surface area contributed by atoms with Crippen LogP contribution < -0.4 is 5.32 Å². The Morgan fingerprint density at radius 2 is 2.04 bits per heavy atom. The van der Waals surface area contributed by atoms with Gasteiger partial charge in [0.15, 0.2) is 0 Å². The normalized spacial score (nSPS) is 23.8. The van der Waals surface area contributed by atoms with Gasteiger partial charge in [-0.15, -0.1) is 0 Å². The van der Waals surface area contributed by atoms with Gasteiger partial charge in [0, 0.05) is 38.8 Å². The molecular weight excluding hydrogens is 332 g/mol. The number of carbonyl (C=O) groups is 2. The predicted molar refractivity (Wildman–Crippen MR) is 97.9 cm³/mol. The number of nitrogens with zero attached hydrogens (tertiary/aromatic N) is 1. The van der Waals surface area contributed by atoms with E-state index in [0.29, 0.717) is 24.7 Å². The highest BCUT2D eigenvalue weighted by molar-refractivity contribution is 5.75. The molecule has 0 bridgehead atoms. The summed E-state index contributed by atoms with van der Waals surface area (Å²) in [5.41, 5.74) is 1.10. The summed E-state index contributed by atoms with van der Waals surface area (Å²) in [4.78, 5) is 25.5. The van der Waals surface area contributed by atoms with Crippen LogP contribution in [0.15, 0.2) is 30.3 Å². The van der Waals surface area contributed by atoms with Gasteiger partial charge in [-0.25, -0.2) is 4.79 Å². The number of ether oxygens (including phenoxy) is 1. The van der Waals surface area contributed by atoms with Crippen molar-refractivity contribution in [1.29, 1.82) is 0 Å². The molecule has 3 atom stereocenters. The third kappa shape index (κ3) is 5.21. The molecule has 2 aliphatic heterocycles. The quantitative estimate of drug-likeness (QED) is 0.783. The molecule has 2 N–H and O–H groups in total. The van der Waals surface area contributed by atoms with Gasteiger partial charge in [-0.2, -0.15) is 0 Å². The second-order valence-electron chi connectivity index (χ2n) is 7.39. The molecule has 0 spiro atoms. The Morgan fingerprint density at radius 3 is 2.73 bits per heavy atom. The van der Waals surface area contributed by atoms with Gasteiger partial charge in [-0.3, -0.25) is 4.79 Å². The maximum Gasteiger partial charge on any atom is 0.317 e. The van der Waals surface area contributed by atoms with Crippen LogP contribution in [-0.2, 0) is 16.0 Å². The summed E-state index contributed by atoms with van der Waals surface area (Å²) in [7, 11) is 0. The number of hydrogen-bond donors (Lipinski definition) is 2. The van der Waals surface area contributed by atoms with Crippen molar-refractivity contribution in [3.05, 3.63) is 35.9 Å². The standard InChI is InChI=1S/C20H28N2O4/c23-19(24)7-6-18(12-15-4-2-1-3-5-15)21-20(25)22-10-8-16(13-22)17-9-11-26-14-17/h1-5,16-18H,6-14H2,(H,21,25)(H,23,24). The Labute approximate surface area is 154 Å². The van der Waals surface area contributed by atoms with E-state index in [9.17, 15) is 9.59 Å². The van der Waals surface area contributed by atoms with Gasteiger partial charge >= 0.3 is 12.0 Å². The second kappa shape index (κ2) is 9.03. The van der Waals surface area contributed by atoms with Crippen LogP contribution in [0, 0.1) is 11.8 Å².